The second-order valence-electron chi connectivity index (χ2n) is 12.2. The number of alkyl carbamates (subject to hydrolysis) is 1. The molecule has 9 nitrogen and oxygen atoms in total. The number of carbonyl (C=O) groups excluding carboxylic acids is 2. The topological polar surface area (TPSA) is 102 Å². The minimum Gasteiger partial charge on any atom is -0.493 e. The molecule has 0 aliphatic carbocycles. The van der Waals surface area contributed by atoms with Crippen molar-refractivity contribution in [3.8, 4) is 11.5 Å². The lowest BCUT2D eigenvalue weighted by Gasteiger charge is -2.32. The summed E-state index contributed by atoms with van der Waals surface area (Å²) < 4.78 is 32.8. The Balaban J connectivity index is 3.14. The van der Waals surface area contributed by atoms with E-state index in [0.29, 0.717) is 31.1 Å². The molecule has 0 heterocycles. The van der Waals surface area contributed by atoms with E-state index in [2.05, 4.69) is 26.1 Å². The molecule has 3 atom stereocenters. The Bertz CT molecular complexity index is 888. The number of hydrogen-bond acceptors (Lipinski definition) is 8. The van der Waals surface area contributed by atoms with Gasteiger partial charge in [-0.3, -0.25) is 0 Å². The van der Waals surface area contributed by atoms with Gasteiger partial charge in [-0.2, -0.15) is 0 Å². The predicted octanol–water partition coefficient (Wildman–Crippen LogP) is 6.72. The molecule has 1 N–H and O–H groups in total. The average molecular weight is 554 g/mol. The first-order valence-corrected chi connectivity index (χ1v) is 13.7. The molecule has 0 aromatic heterocycles. The van der Waals surface area contributed by atoms with E-state index in [1.807, 2.05) is 18.2 Å². The van der Waals surface area contributed by atoms with Crippen LogP contribution < -0.4 is 14.8 Å². The molecule has 1 aromatic carbocycles. The van der Waals surface area contributed by atoms with Crippen LogP contribution in [0.25, 0.3) is 0 Å². The third-order valence-corrected chi connectivity index (χ3v) is 6.03. The highest BCUT2D eigenvalue weighted by Crippen LogP contribution is 2.38. The Hall–Kier alpha value is -2.68. The number of hydrogen-bond donors (Lipinski definition) is 1. The van der Waals surface area contributed by atoms with Crippen LogP contribution in [0.2, 0.25) is 0 Å². The van der Waals surface area contributed by atoms with Gasteiger partial charge < -0.3 is 33.7 Å². The lowest BCUT2D eigenvalue weighted by molar-refractivity contribution is -0.0135. The van der Waals surface area contributed by atoms with Gasteiger partial charge in [0, 0.05) is 20.1 Å². The van der Waals surface area contributed by atoms with Gasteiger partial charge in [0.2, 0.25) is 0 Å². The number of methoxy groups -OCH3 is 2. The van der Waals surface area contributed by atoms with Gasteiger partial charge in [-0.05, 0) is 83.4 Å². The van der Waals surface area contributed by atoms with Crippen LogP contribution in [0.1, 0.15) is 86.6 Å². The third-order valence-electron chi connectivity index (χ3n) is 6.03. The molecule has 1 amide bonds. The van der Waals surface area contributed by atoms with E-state index in [4.69, 9.17) is 28.4 Å². The van der Waals surface area contributed by atoms with Crippen molar-refractivity contribution in [1.29, 1.82) is 0 Å². The average Bonchev–Trinajstić information content (AvgIpc) is 2.80. The summed E-state index contributed by atoms with van der Waals surface area (Å²) in [6.07, 6.45) is -0.0228. The maximum Gasteiger partial charge on any atom is 0.508 e. The number of amides is 1. The number of rotatable bonds is 14. The van der Waals surface area contributed by atoms with Crippen LogP contribution in [0.4, 0.5) is 9.59 Å². The molecule has 39 heavy (non-hydrogen) atoms. The Kier molecular flexibility index (Phi) is 13.9. The summed E-state index contributed by atoms with van der Waals surface area (Å²) in [6.45, 7) is 18.2. The summed E-state index contributed by atoms with van der Waals surface area (Å²) >= 11 is 0. The highest BCUT2D eigenvalue weighted by molar-refractivity contribution is 5.68. The van der Waals surface area contributed by atoms with Crippen LogP contribution >= 0.6 is 0 Å². The van der Waals surface area contributed by atoms with Crippen molar-refractivity contribution >= 4 is 12.2 Å². The lowest BCUT2D eigenvalue weighted by atomic mass is 9.77. The van der Waals surface area contributed by atoms with Crippen LogP contribution in [-0.4, -0.2) is 63.5 Å². The third kappa shape index (κ3) is 13.8. The first kappa shape index (κ1) is 34.3. The molecular formula is C30H51NO8. The highest BCUT2D eigenvalue weighted by atomic mass is 16.7. The molecule has 0 unspecified atom stereocenters. The zero-order valence-corrected chi connectivity index (χ0v) is 25.8. The van der Waals surface area contributed by atoms with E-state index >= 15 is 0 Å². The van der Waals surface area contributed by atoms with Crippen molar-refractivity contribution in [3.05, 3.63) is 23.8 Å². The normalized spacial score (nSPS) is 14.3. The first-order valence-electron chi connectivity index (χ1n) is 13.7. The van der Waals surface area contributed by atoms with Crippen molar-refractivity contribution in [2.75, 3.05) is 34.0 Å². The molecular weight excluding hydrogens is 502 g/mol. The summed E-state index contributed by atoms with van der Waals surface area (Å²) in [6, 6.07) is 5.48. The largest absolute Gasteiger partial charge is 0.508 e. The predicted molar refractivity (Wildman–Crippen MR) is 152 cm³/mol. The number of ether oxygens (including phenoxy) is 6. The van der Waals surface area contributed by atoms with Gasteiger partial charge in [0.05, 0.1) is 19.8 Å². The van der Waals surface area contributed by atoms with E-state index < -0.39 is 29.5 Å². The molecule has 1 aromatic rings. The fourth-order valence-corrected chi connectivity index (χ4v) is 4.20. The van der Waals surface area contributed by atoms with Crippen LogP contribution in [0.3, 0.4) is 0 Å². The SMILES string of the molecule is COCCCOc1cc([C@H](C)[C@@H](C[C@@H](COC(=O)OC(C)(C)C)NC(=O)OC(C)(C)C)C(C)C)ccc1OC. The van der Waals surface area contributed by atoms with Crippen molar-refractivity contribution in [2.45, 2.75) is 98.3 Å². The quantitative estimate of drug-likeness (QED) is 0.200. The molecule has 0 saturated carbocycles. The van der Waals surface area contributed by atoms with E-state index in [0.717, 1.165) is 12.0 Å². The van der Waals surface area contributed by atoms with Crippen molar-refractivity contribution in [1.82, 2.24) is 5.32 Å². The second-order valence-corrected chi connectivity index (χ2v) is 12.2. The van der Waals surface area contributed by atoms with Crippen LogP contribution in [0, 0.1) is 11.8 Å². The standard InChI is InChI=1S/C30H51NO8/c1-20(2)24(21(3)22-13-14-25(35-11)26(17-22)36-16-12-15-34-10)18-23(31-27(32)38-29(4,5)6)19-37-28(33)39-30(7,8)9/h13-14,17,20-21,23-24H,12,15-16,18-19H2,1-11H3,(H,31,32)/t21-,23-,24-/m0/s1. The zero-order valence-electron chi connectivity index (χ0n) is 25.8. The molecule has 224 valence electrons. The molecule has 0 saturated heterocycles. The molecule has 0 aliphatic heterocycles. The number of benzene rings is 1. The van der Waals surface area contributed by atoms with Gasteiger partial charge >= 0.3 is 12.2 Å². The molecule has 0 fully saturated rings. The zero-order chi connectivity index (χ0) is 29.8. The van der Waals surface area contributed by atoms with E-state index in [1.54, 1.807) is 55.8 Å². The van der Waals surface area contributed by atoms with Gasteiger partial charge in [0.1, 0.15) is 17.8 Å². The number of carbonyl (C=O) groups is 2. The monoisotopic (exact) mass is 553 g/mol. The van der Waals surface area contributed by atoms with Crippen LogP contribution in [0.5, 0.6) is 11.5 Å². The Morgan fingerprint density at radius 1 is 0.897 bits per heavy atom. The fraction of sp³-hybridized carbons (Fsp3) is 0.733. The summed E-state index contributed by atoms with van der Waals surface area (Å²) in [5.74, 6) is 1.83. The molecule has 1 rings (SSSR count). The fourth-order valence-electron chi connectivity index (χ4n) is 4.20. The first-order chi connectivity index (χ1) is 18.1. The molecule has 0 aliphatic rings. The highest BCUT2D eigenvalue weighted by Gasteiger charge is 2.30. The molecule has 0 radical (unpaired) electrons. The summed E-state index contributed by atoms with van der Waals surface area (Å²) in [5.41, 5.74) is -0.258. The van der Waals surface area contributed by atoms with Gasteiger partial charge in [-0.25, -0.2) is 9.59 Å². The lowest BCUT2D eigenvalue weighted by Crippen LogP contribution is -2.44. The van der Waals surface area contributed by atoms with E-state index in [1.165, 1.54) is 0 Å². The minimum absolute atomic E-state index is 0.0411. The van der Waals surface area contributed by atoms with Gasteiger partial charge in [0.15, 0.2) is 11.5 Å². The van der Waals surface area contributed by atoms with Crippen molar-refractivity contribution < 1.29 is 38.0 Å². The van der Waals surface area contributed by atoms with Gasteiger partial charge in [0.25, 0.3) is 0 Å². The van der Waals surface area contributed by atoms with E-state index in [-0.39, 0.29) is 24.4 Å². The van der Waals surface area contributed by atoms with Crippen molar-refractivity contribution in [2.24, 2.45) is 11.8 Å². The molecule has 0 bridgehead atoms. The van der Waals surface area contributed by atoms with Gasteiger partial charge in [-0.1, -0.05) is 26.8 Å². The summed E-state index contributed by atoms with van der Waals surface area (Å²) in [5, 5.41) is 2.90. The maximum absolute atomic E-state index is 12.7. The Morgan fingerprint density at radius 3 is 2.08 bits per heavy atom. The maximum atomic E-state index is 12.7. The van der Waals surface area contributed by atoms with Crippen LogP contribution in [0.15, 0.2) is 18.2 Å². The molecule has 0 spiro atoms. The smallest absolute Gasteiger partial charge is 0.493 e. The van der Waals surface area contributed by atoms with E-state index in [9.17, 15) is 9.59 Å². The summed E-state index contributed by atoms with van der Waals surface area (Å²) in [4.78, 5) is 24.9. The minimum atomic E-state index is -0.780. The summed E-state index contributed by atoms with van der Waals surface area (Å²) in [7, 11) is 3.29. The van der Waals surface area contributed by atoms with Gasteiger partial charge in [-0.15, -0.1) is 0 Å². The second kappa shape index (κ2) is 15.8. The molecule has 9 heteroatoms. The van der Waals surface area contributed by atoms with Crippen LogP contribution in [-0.2, 0) is 18.9 Å². The van der Waals surface area contributed by atoms with Crippen molar-refractivity contribution in [3.63, 3.8) is 0 Å². The Labute approximate surface area is 235 Å². The number of nitrogens with one attached hydrogen (secondary N) is 1. The Morgan fingerprint density at radius 2 is 1.54 bits per heavy atom.